The summed E-state index contributed by atoms with van der Waals surface area (Å²) in [6.07, 6.45) is -0.891. The van der Waals surface area contributed by atoms with Crippen molar-refractivity contribution in [2.75, 3.05) is 14.2 Å². The first kappa shape index (κ1) is 17.5. The number of aryl methyl sites for hydroxylation is 1. The Kier molecular flexibility index (Phi) is 5.58. The van der Waals surface area contributed by atoms with Crippen molar-refractivity contribution in [2.24, 2.45) is 0 Å². The van der Waals surface area contributed by atoms with Crippen molar-refractivity contribution < 1.29 is 23.8 Å². The van der Waals surface area contributed by atoms with Crippen LogP contribution in [0.5, 0.6) is 11.5 Å². The molecule has 2 rings (SSSR count). The summed E-state index contributed by atoms with van der Waals surface area (Å²) in [6, 6.07) is 11.8. The van der Waals surface area contributed by atoms with Gasteiger partial charge in [0.15, 0.2) is 6.10 Å². The molecule has 0 saturated carbocycles. The molecule has 0 aromatic heterocycles. The minimum atomic E-state index is -0.891. The Bertz CT molecular complexity index is 712. The Morgan fingerprint density at radius 2 is 1.42 bits per heavy atom. The van der Waals surface area contributed by atoms with Crippen molar-refractivity contribution in [1.82, 2.24) is 0 Å². The number of ether oxygens (including phenoxy) is 3. The second-order valence-electron chi connectivity index (χ2n) is 5.38. The van der Waals surface area contributed by atoms with Crippen LogP contribution in [0.15, 0.2) is 42.5 Å². The number of carbonyl (C=O) groups is 2. The fourth-order valence-corrected chi connectivity index (χ4v) is 2.16. The normalized spacial score (nSPS) is 11.5. The van der Waals surface area contributed by atoms with Gasteiger partial charge in [-0.1, -0.05) is 29.8 Å². The van der Waals surface area contributed by atoms with Gasteiger partial charge in [-0.05, 0) is 26.0 Å². The van der Waals surface area contributed by atoms with Gasteiger partial charge in [-0.3, -0.25) is 4.79 Å². The molecular weight excluding hydrogens is 308 g/mol. The second kappa shape index (κ2) is 7.64. The third kappa shape index (κ3) is 4.13. The molecular formula is C19H20O5. The Morgan fingerprint density at radius 3 is 1.92 bits per heavy atom. The van der Waals surface area contributed by atoms with E-state index in [9.17, 15) is 9.59 Å². The topological polar surface area (TPSA) is 61.8 Å². The van der Waals surface area contributed by atoms with E-state index in [4.69, 9.17) is 14.2 Å². The molecule has 2 aromatic carbocycles. The highest BCUT2D eigenvalue weighted by molar-refractivity contribution is 6.01. The predicted octanol–water partition coefficient (Wildman–Crippen LogP) is 3.44. The molecule has 0 aliphatic carbocycles. The maximum atomic E-state index is 12.3. The first-order valence-electron chi connectivity index (χ1n) is 7.49. The highest BCUT2D eigenvalue weighted by atomic mass is 16.5. The highest BCUT2D eigenvalue weighted by Gasteiger charge is 2.21. The summed E-state index contributed by atoms with van der Waals surface area (Å²) >= 11 is 0. The summed E-state index contributed by atoms with van der Waals surface area (Å²) in [6.45, 7) is 3.49. The lowest BCUT2D eigenvalue weighted by Crippen LogP contribution is -2.24. The summed E-state index contributed by atoms with van der Waals surface area (Å²) in [4.78, 5) is 24.6. The first-order chi connectivity index (χ1) is 11.4. The van der Waals surface area contributed by atoms with E-state index in [1.165, 1.54) is 26.4 Å². The largest absolute Gasteiger partial charge is 0.497 e. The number of carbonyl (C=O) groups excluding carboxylic acids is 2. The minimum Gasteiger partial charge on any atom is -0.497 e. The molecule has 24 heavy (non-hydrogen) atoms. The van der Waals surface area contributed by atoms with Gasteiger partial charge in [0.05, 0.1) is 19.8 Å². The van der Waals surface area contributed by atoms with Gasteiger partial charge < -0.3 is 14.2 Å². The van der Waals surface area contributed by atoms with Crippen LogP contribution >= 0.6 is 0 Å². The van der Waals surface area contributed by atoms with Crippen molar-refractivity contribution in [1.29, 1.82) is 0 Å². The Hall–Kier alpha value is -2.82. The summed E-state index contributed by atoms with van der Waals surface area (Å²) < 4.78 is 15.5. The van der Waals surface area contributed by atoms with Crippen LogP contribution < -0.4 is 9.47 Å². The van der Waals surface area contributed by atoms with Gasteiger partial charge in [0.25, 0.3) is 0 Å². The lowest BCUT2D eigenvalue weighted by atomic mass is 10.1. The van der Waals surface area contributed by atoms with E-state index in [1.54, 1.807) is 25.1 Å². The summed E-state index contributed by atoms with van der Waals surface area (Å²) in [5.41, 5.74) is 1.82. The number of hydrogen-bond acceptors (Lipinski definition) is 5. The van der Waals surface area contributed by atoms with Crippen LogP contribution in [0.2, 0.25) is 0 Å². The maximum Gasteiger partial charge on any atom is 0.339 e. The summed E-state index contributed by atoms with van der Waals surface area (Å²) in [5, 5.41) is 0. The van der Waals surface area contributed by atoms with E-state index in [-0.39, 0.29) is 11.3 Å². The van der Waals surface area contributed by atoms with Crippen LogP contribution in [0, 0.1) is 6.92 Å². The van der Waals surface area contributed by atoms with Crippen molar-refractivity contribution in [3.63, 3.8) is 0 Å². The number of methoxy groups -OCH3 is 2. The number of rotatable bonds is 6. The lowest BCUT2D eigenvalue weighted by Gasteiger charge is -2.13. The Labute approximate surface area is 141 Å². The molecule has 5 nitrogen and oxygen atoms in total. The average molecular weight is 328 g/mol. The molecule has 0 aliphatic heterocycles. The molecule has 0 amide bonds. The van der Waals surface area contributed by atoms with E-state index < -0.39 is 12.1 Å². The molecule has 5 heteroatoms. The Morgan fingerprint density at radius 1 is 0.875 bits per heavy atom. The van der Waals surface area contributed by atoms with Gasteiger partial charge in [-0.25, -0.2) is 4.79 Å². The molecule has 2 aromatic rings. The van der Waals surface area contributed by atoms with Crippen molar-refractivity contribution in [3.05, 3.63) is 59.2 Å². The van der Waals surface area contributed by atoms with Crippen molar-refractivity contribution in [2.45, 2.75) is 20.0 Å². The number of hydrogen-bond donors (Lipinski definition) is 0. The molecule has 0 radical (unpaired) electrons. The summed E-state index contributed by atoms with van der Waals surface area (Å²) in [5.74, 6) is 0.0796. The van der Waals surface area contributed by atoms with E-state index in [1.807, 2.05) is 19.1 Å². The van der Waals surface area contributed by atoms with Gasteiger partial charge in [0, 0.05) is 11.6 Å². The number of Topliss-reactive ketones (excluding diaryl/α,β-unsaturated/α-hetero) is 1. The SMILES string of the molecule is COc1cc(OC)cc(C(=O)O[C@@H](C)C(=O)c2ccc(C)cc2)c1. The highest BCUT2D eigenvalue weighted by Crippen LogP contribution is 2.23. The molecule has 0 unspecified atom stereocenters. The van der Waals surface area contributed by atoms with Crippen LogP contribution in [-0.4, -0.2) is 32.1 Å². The molecule has 0 heterocycles. The zero-order valence-corrected chi connectivity index (χ0v) is 14.2. The maximum absolute atomic E-state index is 12.3. The van der Waals surface area contributed by atoms with E-state index >= 15 is 0 Å². The van der Waals surface area contributed by atoms with Crippen LogP contribution in [-0.2, 0) is 4.74 Å². The van der Waals surface area contributed by atoms with Gasteiger partial charge in [0.2, 0.25) is 5.78 Å². The van der Waals surface area contributed by atoms with E-state index in [2.05, 4.69) is 0 Å². The van der Waals surface area contributed by atoms with Crippen LogP contribution in [0.25, 0.3) is 0 Å². The smallest absolute Gasteiger partial charge is 0.339 e. The lowest BCUT2D eigenvalue weighted by molar-refractivity contribution is 0.0318. The summed E-state index contributed by atoms with van der Waals surface area (Å²) in [7, 11) is 2.99. The van der Waals surface area contributed by atoms with Crippen molar-refractivity contribution in [3.8, 4) is 11.5 Å². The van der Waals surface area contributed by atoms with Gasteiger partial charge in [-0.15, -0.1) is 0 Å². The molecule has 126 valence electrons. The average Bonchev–Trinajstić information content (AvgIpc) is 2.61. The second-order valence-corrected chi connectivity index (χ2v) is 5.38. The Balaban J connectivity index is 2.13. The molecule has 0 spiro atoms. The quantitative estimate of drug-likeness (QED) is 0.600. The minimum absolute atomic E-state index is 0.252. The van der Waals surface area contributed by atoms with E-state index in [0.717, 1.165) is 5.56 Å². The monoisotopic (exact) mass is 328 g/mol. The fraction of sp³-hybridized carbons (Fsp3) is 0.263. The number of esters is 1. The standard InChI is InChI=1S/C19H20O5/c1-12-5-7-14(8-6-12)18(20)13(2)24-19(21)15-9-16(22-3)11-17(10-15)23-4/h5-11,13H,1-4H3/t13-/m0/s1. The molecule has 0 fully saturated rings. The van der Waals surface area contributed by atoms with E-state index in [0.29, 0.717) is 17.1 Å². The van der Waals surface area contributed by atoms with Gasteiger partial charge >= 0.3 is 5.97 Å². The third-order valence-electron chi connectivity index (χ3n) is 3.58. The number of benzene rings is 2. The van der Waals surface area contributed by atoms with Gasteiger partial charge in [-0.2, -0.15) is 0 Å². The fourth-order valence-electron chi connectivity index (χ4n) is 2.16. The van der Waals surface area contributed by atoms with Gasteiger partial charge in [0.1, 0.15) is 11.5 Å². The number of ketones is 1. The van der Waals surface area contributed by atoms with Crippen molar-refractivity contribution >= 4 is 11.8 Å². The molecule has 0 aliphatic rings. The molecule has 1 atom stereocenters. The molecule has 0 saturated heterocycles. The van der Waals surface area contributed by atoms with Crippen LogP contribution in [0.4, 0.5) is 0 Å². The van der Waals surface area contributed by atoms with Crippen LogP contribution in [0.3, 0.4) is 0 Å². The molecule has 0 N–H and O–H groups in total. The zero-order chi connectivity index (χ0) is 17.7. The first-order valence-corrected chi connectivity index (χ1v) is 7.49. The van der Waals surface area contributed by atoms with Crippen LogP contribution in [0.1, 0.15) is 33.2 Å². The third-order valence-corrected chi connectivity index (χ3v) is 3.58. The predicted molar refractivity (Wildman–Crippen MR) is 89.9 cm³/mol. The molecule has 0 bridgehead atoms. The zero-order valence-electron chi connectivity index (χ0n) is 14.2.